The monoisotopic (exact) mass is 443 g/mol. The normalized spacial score (nSPS) is 17.3. The maximum Gasteiger partial charge on any atom is 0.300 e. The lowest BCUT2D eigenvalue weighted by Gasteiger charge is -2.25. The highest BCUT2D eigenvalue weighted by atomic mass is 16.5. The zero-order chi connectivity index (χ0) is 23.5. The fourth-order valence-corrected chi connectivity index (χ4v) is 4.08. The molecule has 1 aliphatic heterocycles. The Morgan fingerprint density at radius 2 is 1.76 bits per heavy atom. The highest BCUT2D eigenvalue weighted by Crippen LogP contribution is 2.43. The number of Topliss-reactive ketones (excluding diaryl/α,β-unsaturated/α-hetero) is 1. The second kappa shape index (κ2) is 9.20. The molecule has 6 heteroatoms. The van der Waals surface area contributed by atoms with Gasteiger partial charge in [-0.3, -0.25) is 14.5 Å². The number of carbonyl (C=O) groups is 2. The van der Waals surface area contributed by atoms with E-state index in [1.165, 1.54) is 4.90 Å². The van der Waals surface area contributed by atoms with Crippen LogP contribution in [0.15, 0.2) is 78.4 Å². The average Bonchev–Trinajstić information content (AvgIpc) is 3.11. The number of hydrogen-bond acceptors (Lipinski definition) is 5. The van der Waals surface area contributed by atoms with Crippen LogP contribution in [0.25, 0.3) is 5.76 Å². The van der Waals surface area contributed by atoms with E-state index in [1.54, 1.807) is 67.8 Å². The number of methoxy groups -OCH3 is 1. The maximum atomic E-state index is 13.2. The number of para-hydroxylation sites is 1. The highest BCUT2D eigenvalue weighted by molar-refractivity contribution is 6.51. The second-order valence-corrected chi connectivity index (χ2v) is 7.69. The van der Waals surface area contributed by atoms with E-state index in [1.807, 2.05) is 26.0 Å². The van der Waals surface area contributed by atoms with Crippen molar-refractivity contribution in [3.63, 3.8) is 0 Å². The van der Waals surface area contributed by atoms with Crippen LogP contribution in [-0.2, 0) is 9.59 Å². The van der Waals surface area contributed by atoms with Gasteiger partial charge in [0.25, 0.3) is 11.7 Å². The van der Waals surface area contributed by atoms with Gasteiger partial charge in [-0.25, -0.2) is 0 Å². The number of hydrogen-bond donors (Lipinski definition) is 1. The zero-order valence-corrected chi connectivity index (χ0v) is 18.7. The number of carbonyl (C=O) groups excluding carboxylic acids is 2. The summed E-state index contributed by atoms with van der Waals surface area (Å²) in [7, 11) is 1.55. The van der Waals surface area contributed by atoms with E-state index in [0.29, 0.717) is 34.9 Å². The molecule has 0 bridgehead atoms. The van der Waals surface area contributed by atoms with Crippen molar-refractivity contribution in [2.24, 2.45) is 0 Å². The molecule has 4 rings (SSSR count). The predicted octanol–water partition coefficient (Wildman–Crippen LogP) is 5.03. The smallest absolute Gasteiger partial charge is 0.300 e. The molecule has 1 aliphatic rings. The van der Waals surface area contributed by atoms with E-state index in [9.17, 15) is 14.7 Å². The fourth-order valence-electron chi connectivity index (χ4n) is 4.08. The van der Waals surface area contributed by atoms with Gasteiger partial charge in [-0.15, -0.1) is 0 Å². The van der Waals surface area contributed by atoms with Crippen molar-refractivity contribution >= 4 is 23.1 Å². The highest BCUT2D eigenvalue weighted by Gasteiger charge is 2.47. The van der Waals surface area contributed by atoms with E-state index in [4.69, 9.17) is 9.47 Å². The standard InChI is InChI=1S/C27H25NO5/c1-4-33-22-14-13-19(15-17(22)2)25(29)23-24(18-9-8-12-21(16-18)32-3)28(27(31)26(23)30)20-10-6-5-7-11-20/h5-16,24,29H,4H2,1-3H3/b25-23-. The van der Waals surface area contributed by atoms with Crippen LogP contribution in [0, 0.1) is 6.92 Å². The van der Waals surface area contributed by atoms with Crippen LogP contribution in [0.1, 0.15) is 29.7 Å². The van der Waals surface area contributed by atoms with Crippen molar-refractivity contribution in [3.8, 4) is 11.5 Å². The first-order valence-electron chi connectivity index (χ1n) is 10.7. The number of benzene rings is 3. The minimum atomic E-state index is -0.811. The van der Waals surface area contributed by atoms with E-state index >= 15 is 0 Å². The molecule has 6 nitrogen and oxygen atoms in total. The third-order valence-electron chi connectivity index (χ3n) is 5.64. The Morgan fingerprint density at radius 3 is 2.42 bits per heavy atom. The summed E-state index contributed by atoms with van der Waals surface area (Å²) in [5.74, 6) is -0.383. The maximum absolute atomic E-state index is 13.2. The third kappa shape index (κ3) is 4.07. The van der Waals surface area contributed by atoms with Gasteiger partial charge in [0.15, 0.2) is 0 Å². The molecule has 1 amide bonds. The van der Waals surface area contributed by atoms with E-state index in [-0.39, 0.29) is 11.3 Å². The molecule has 1 atom stereocenters. The molecule has 168 valence electrons. The number of aryl methyl sites for hydroxylation is 1. The molecule has 3 aromatic carbocycles. The van der Waals surface area contributed by atoms with Gasteiger partial charge in [0.1, 0.15) is 17.3 Å². The van der Waals surface area contributed by atoms with Crippen LogP contribution < -0.4 is 14.4 Å². The van der Waals surface area contributed by atoms with Crippen LogP contribution in [0.4, 0.5) is 5.69 Å². The molecule has 1 fully saturated rings. The zero-order valence-electron chi connectivity index (χ0n) is 18.7. The molecular weight excluding hydrogens is 418 g/mol. The minimum absolute atomic E-state index is 0.0284. The van der Waals surface area contributed by atoms with Crippen LogP contribution >= 0.6 is 0 Å². The number of rotatable bonds is 6. The van der Waals surface area contributed by atoms with Gasteiger partial charge in [0.2, 0.25) is 0 Å². The van der Waals surface area contributed by atoms with Crippen molar-refractivity contribution in [3.05, 3.63) is 95.1 Å². The van der Waals surface area contributed by atoms with Crippen LogP contribution in [0.5, 0.6) is 11.5 Å². The molecule has 1 unspecified atom stereocenters. The van der Waals surface area contributed by atoms with Gasteiger partial charge in [-0.05, 0) is 67.4 Å². The van der Waals surface area contributed by atoms with Gasteiger partial charge in [0.05, 0.1) is 25.3 Å². The Balaban J connectivity index is 1.92. The van der Waals surface area contributed by atoms with Crippen molar-refractivity contribution < 1.29 is 24.2 Å². The quantitative estimate of drug-likeness (QED) is 0.329. The summed E-state index contributed by atoms with van der Waals surface area (Å²) in [4.78, 5) is 27.8. The molecule has 1 saturated heterocycles. The Labute approximate surface area is 192 Å². The Kier molecular flexibility index (Phi) is 6.18. The Bertz CT molecular complexity index is 1230. The van der Waals surface area contributed by atoms with Crippen molar-refractivity contribution in [1.82, 2.24) is 0 Å². The van der Waals surface area contributed by atoms with Gasteiger partial charge in [-0.1, -0.05) is 30.3 Å². The second-order valence-electron chi connectivity index (χ2n) is 7.69. The van der Waals surface area contributed by atoms with Crippen molar-refractivity contribution in [2.75, 3.05) is 18.6 Å². The Hall–Kier alpha value is -4.06. The lowest BCUT2D eigenvalue weighted by molar-refractivity contribution is -0.132. The number of aliphatic hydroxyl groups is 1. The number of aliphatic hydroxyl groups excluding tert-OH is 1. The SMILES string of the molecule is CCOc1ccc(/C(O)=C2/C(=O)C(=O)N(c3ccccc3)C2c2cccc(OC)c2)cc1C. The van der Waals surface area contributed by atoms with Crippen LogP contribution in [0.3, 0.4) is 0 Å². The summed E-state index contributed by atoms with van der Waals surface area (Å²) in [6.07, 6.45) is 0. The van der Waals surface area contributed by atoms with Crippen LogP contribution in [0.2, 0.25) is 0 Å². The van der Waals surface area contributed by atoms with Crippen molar-refractivity contribution in [1.29, 1.82) is 0 Å². The summed E-state index contributed by atoms with van der Waals surface area (Å²) in [5.41, 5.74) is 2.50. The van der Waals surface area contributed by atoms with E-state index in [0.717, 1.165) is 5.56 Å². The molecule has 33 heavy (non-hydrogen) atoms. The molecule has 0 aromatic heterocycles. The van der Waals surface area contributed by atoms with Gasteiger partial charge < -0.3 is 14.6 Å². The molecule has 3 aromatic rings. The molecule has 0 radical (unpaired) electrons. The number of nitrogens with zero attached hydrogens (tertiary/aromatic N) is 1. The summed E-state index contributed by atoms with van der Waals surface area (Å²) in [6.45, 7) is 4.28. The van der Waals surface area contributed by atoms with E-state index < -0.39 is 17.7 Å². The molecule has 0 saturated carbocycles. The largest absolute Gasteiger partial charge is 0.507 e. The minimum Gasteiger partial charge on any atom is -0.507 e. The summed E-state index contributed by atoms with van der Waals surface area (Å²) < 4.78 is 10.9. The first-order valence-corrected chi connectivity index (χ1v) is 10.7. The lowest BCUT2D eigenvalue weighted by atomic mass is 9.94. The first-order chi connectivity index (χ1) is 16.0. The van der Waals surface area contributed by atoms with Gasteiger partial charge >= 0.3 is 0 Å². The molecule has 1 heterocycles. The number of ketones is 1. The van der Waals surface area contributed by atoms with Crippen molar-refractivity contribution in [2.45, 2.75) is 19.9 Å². The molecule has 1 N–H and O–H groups in total. The predicted molar refractivity (Wildman–Crippen MR) is 127 cm³/mol. The average molecular weight is 443 g/mol. The topological polar surface area (TPSA) is 76.1 Å². The van der Waals surface area contributed by atoms with Gasteiger partial charge in [-0.2, -0.15) is 0 Å². The van der Waals surface area contributed by atoms with Crippen LogP contribution in [-0.4, -0.2) is 30.5 Å². The molecule has 0 spiro atoms. The first kappa shape index (κ1) is 22.1. The number of anilines is 1. The number of ether oxygens (including phenoxy) is 2. The summed E-state index contributed by atoms with van der Waals surface area (Å²) in [5, 5.41) is 11.3. The Morgan fingerprint density at radius 1 is 1.00 bits per heavy atom. The summed E-state index contributed by atoms with van der Waals surface area (Å²) in [6, 6.07) is 20.5. The van der Waals surface area contributed by atoms with Gasteiger partial charge in [0, 0.05) is 11.3 Å². The third-order valence-corrected chi connectivity index (χ3v) is 5.64. The molecular formula is C27H25NO5. The van der Waals surface area contributed by atoms with E-state index in [2.05, 4.69) is 0 Å². The molecule has 0 aliphatic carbocycles. The lowest BCUT2D eigenvalue weighted by Crippen LogP contribution is -2.29. The summed E-state index contributed by atoms with van der Waals surface area (Å²) >= 11 is 0. The fraction of sp³-hybridized carbons (Fsp3) is 0.185. The number of amides is 1.